The van der Waals surface area contributed by atoms with Crippen molar-refractivity contribution in [3.63, 3.8) is 0 Å². The molecule has 2 aromatic rings. The molecule has 148 valence electrons. The van der Waals surface area contributed by atoms with Crippen LogP contribution < -0.4 is 10.2 Å². The quantitative estimate of drug-likeness (QED) is 0.747. The van der Waals surface area contributed by atoms with E-state index >= 15 is 0 Å². The van der Waals surface area contributed by atoms with E-state index in [-0.39, 0.29) is 37.5 Å². The molecule has 1 aliphatic rings. The Balaban J connectivity index is 1.96. The van der Waals surface area contributed by atoms with Crippen LogP contribution in [0.15, 0.2) is 12.3 Å². The van der Waals surface area contributed by atoms with Crippen LogP contribution in [0.5, 0.6) is 0 Å². The summed E-state index contributed by atoms with van der Waals surface area (Å²) >= 11 is 5.98. The molecule has 0 aliphatic heterocycles. The van der Waals surface area contributed by atoms with Crippen molar-refractivity contribution < 1.29 is 18.7 Å². The van der Waals surface area contributed by atoms with Gasteiger partial charge in [0.05, 0.1) is 35.2 Å². The summed E-state index contributed by atoms with van der Waals surface area (Å²) in [6, 6.07) is 1.16. The van der Waals surface area contributed by atoms with Gasteiger partial charge in [-0.1, -0.05) is 0 Å². The number of rotatable bonds is 5. The van der Waals surface area contributed by atoms with Crippen molar-refractivity contribution in [1.82, 2.24) is 19.9 Å². The van der Waals surface area contributed by atoms with Crippen molar-refractivity contribution in [2.45, 2.75) is 43.5 Å². The number of alkyl halides is 3. The highest BCUT2D eigenvalue weighted by Crippen LogP contribution is 2.41. The molecule has 1 amide bonds. The summed E-state index contributed by atoms with van der Waals surface area (Å²) in [4.78, 5) is 17.7. The van der Waals surface area contributed by atoms with Crippen molar-refractivity contribution in [3.05, 3.63) is 23.7 Å². The molecule has 3 rings (SSSR count). The van der Waals surface area contributed by atoms with Crippen LogP contribution in [0.2, 0.25) is 0 Å². The summed E-state index contributed by atoms with van der Waals surface area (Å²) in [5, 5.41) is 16.1. The molecule has 0 spiro atoms. The van der Waals surface area contributed by atoms with Crippen LogP contribution >= 0.6 is 11.6 Å². The number of nitrogens with zero attached hydrogens (tertiary/aromatic N) is 4. The molecule has 1 atom stereocenters. The lowest BCUT2D eigenvalue weighted by Crippen LogP contribution is -2.36. The lowest BCUT2D eigenvalue weighted by atomic mass is 9.81. The van der Waals surface area contributed by atoms with Gasteiger partial charge < -0.3 is 15.3 Å². The average Bonchev–Trinajstić information content (AvgIpc) is 3.01. The molecule has 10 heteroatoms. The summed E-state index contributed by atoms with van der Waals surface area (Å²) in [6.45, 7) is 0. The van der Waals surface area contributed by atoms with Crippen molar-refractivity contribution in [1.29, 1.82) is 0 Å². The predicted octanol–water partition coefficient (Wildman–Crippen LogP) is 3.67. The lowest BCUT2D eigenvalue weighted by Gasteiger charge is -2.32. The van der Waals surface area contributed by atoms with Gasteiger partial charge in [0.1, 0.15) is 0 Å². The number of anilines is 1. The molecule has 27 heavy (non-hydrogen) atoms. The first-order valence-electron chi connectivity index (χ1n) is 8.70. The highest BCUT2D eigenvalue weighted by atomic mass is 35.5. The molecule has 0 saturated heterocycles. The van der Waals surface area contributed by atoms with E-state index in [1.165, 1.54) is 0 Å². The molecule has 1 aliphatic carbocycles. The highest BCUT2D eigenvalue weighted by Gasteiger charge is 2.39. The normalized spacial score (nSPS) is 18.4. The second-order valence-electron chi connectivity index (χ2n) is 7.09. The number of imidazole rings is 1. The zero-order chi connectivity index (χ0) is 19.8. The second kappa shape index (κ2) is 7.46. The zero-order valence-corrected chi connectivity index (χ0v) is 15.9. The Hall–Kier alpha value is -2.16. The minimum Gasteiger partial charge on any atom is -0.465 e. The molecule has 0 aromatic carbocycles. The van der Waals surface area contributed by atoms with Crippen LogP contribution in [0.3, 0.4) is 0 Å². The summed E-state index contributed by atoms with van der Waals surface area (Å²) < 4.78 is 28.5. The third kappa shape index (κ3) is 4.23. The molecular weight excluding hydrogens is 380 g/mol. The van der Waals surface area contributed by atoms with E-state index in [0.29, 0.717) is 17.0 Å². The fraction of sp³-hybridized carbons (Fsp3) is 0.588. The number of carbonyl (C=O) groups is 1. The topological polar surface area (TPSA) is 82.8 Å². The van der Waals surface area contributed by atoms with E-state index in [0.717, 1.165) is 5.69 Å². The number of nitrogens with one attached hydrogen (secondary N) is 1. The van der Waals surface area contributed by atoms with Crippen LogP contribution in [0.4, 0.5) is 19.3 Å². The van der Waals surface area contributed by atoms with Gasteiger partial charge in [0.25, 0.3) is 0 Å². The standard InChI is InChI=1S/C17H22ClF2N5O2/c1-24(2)13-7-14-21-12(9-25(14)23-11(13)8-18)15(22-16(26)27)10-3-5-17(19,20)6-4-10/h7,9-10,15,22H,3-6,8H2,1-2H3,(H,26,27)/t15-/m0/s1. The third-order valence-electron chi connectivity index (χ3n) is 4.96. The van der Waals surface area contributed by atoms with Crippen LogP contribution in [0.1, 0.15) is 43.1 Å². The van der Waals surface area contributed by atoms with Crippen molar-refractivity contribution in [3.8, 4) is 0 Å². The Kier molecular flexibility index (Phi) is 5.41. The Labute approximate surface area is 160 Å². The van der Waals surface area contributed by atoms with E-state index < -0.39 is 18.1 Å². The maximum atomic E-state index is 13.5. The summed E-state index contributed by atoms with van der Waals surface area (Å²) in [6.07, 6.45) is 0.394. The number of hydrogen-bond acceptors (Lipinski definition) is 4. The fourth-order valence-electron chi connectivity index (χ4n) is 3.56. The van der Waals surface area contributed by atoms with E-state index in [1.54, 1.807) is 10.7 Å². The molecule has 0 bridgehead atoms. The Morgan fingerprint density at radius 2 is 2.15 bits per heavy atom. The zero-order valence-electron chi connectivity index (χ0n) is 15.1. The van der Waals surface area contributed by atoms with E-state index in [4.69, 9.17) is 11.6 Å². The van der Waals surface area contributed by atoms with Gasteiger partial charge in [-0.25, -0.2) is 23.1 Å². The number of aromatic nitrogens is 3. The van der Waals surface area contributed by atoms with Crippen LogP contribution in [-0.2, 0) is 5.88 Å². The summed E-state index contributed by atoms with van der Waals surface area (Å²) in [5.74, 6) is -2.71. The van der Waals surface area contributed by atoms with E-state index in [1.807, 2.05) is 25.1 Å². The largest absolute Gasteiger partial charge is 0.465 e. The molecule has 7 nitrogen and oxygen atoms in total. The molecular formula is C17H22ClF2N5O2. The van der Waals surface area contributed by atoms with Gasteiger partial charge in [-0.15, -0.1) is 11.6 Å². The van der Waals surface area contributed by atoms with Crippen LogP contribution in [0.25, 0.3) is 5.65 Å². The first-order chi connectivity index (χ1) is 12.7. The Morgan fingerprint density at radius 3 is 2.70 bits per heavy atom. The average molecular weight is 402 g/mol. The van der Waals surface area contributed by atoms with Crippen LogP contribution in [0, 0.1) is 5.92 Å². The van der Waals surface area contributed by atoms with Gasteiger partial charge in [-0.05, 0) is 18.8 Å². The van der Waals surface area contributed by atoms with Gasteiger partial charge in [0, 0.05) is 33.0 Å². The number of fused-ring (bicyclic) bond motifs is 1. The maximum Gasteiger partial charge on any atom is 0.405 e. The van der Waals surface area contributed by atoms with Gasteiger partial charge in [-0.2, -0.15) is 5.10 Å². The maximum absolute atomic E-state index is 13.5. The minimum absolute atomic E-state index is 0.214. The third-order valence-corrected chi connectivity index (χ3v) is 5.22. The number of carboxylic acid groups (broad SMARTS) is 1. The number of halogens is 3. The molecule has 2 N–H and O–H groups in total. The Morgan fingerprint density at radius 1 is 1.48 bits per heavy atom. The SMILES string of the molecule is CN(C)c1cc2nc([C@@H](NC(=O)O)C3CCC(F)(F)CC3)cn2nc1CCl. The first-order valence-corrected chi connectivity index (χ1v) is 9.23. The molecule has 2 aromatic heterocycles. The molecule has 0 radical (unpaired) electrons. The van der Waals surface area contributed by atoms with E-state index in [2.05, 4.69) is 15.4 Å². The van der Waals surface area contributed by atoms with Gasteiger partial charge in [0.15, 0.2) is 5.65 Å². The smallest absolute Gasteiger partial charge is 0.405 e. The van der Waals surface area contributed by atoms with Crippen molar-refractivity contribution in [2.75, 3.05) is 19.0 Å². The molecule has 1 fully saturated rings. The number of amides is 1. The highest BCUT2D eigenvalue weighted by molar-refractivity contribution is 6.17. The first kappa shape index (κ1) is 19.6. The number of hydrogen-bond donors (Lipinski definition) is 2. The summed E-state index contributed by atoms with van der Waals surface area (Å²) in [5.41, 5.74) is 2.49. The van der Waals surface area contributed by atoms with E-state index in [9.17, 15) is 18.7 Å². The van der Waals surface area contributed by atoms with Crippen molar-refractivity contribution in [2.24, 2.45) is 5.92 Å². The Bertz CT molecular complexity index is 832. The van der Waals surface area contributed by atoms with Crippen molar-refractivity contribution >= 4 is 29.0 Å². The van der Waals surface area contributed by atoms with Gasteiger partial charge >= 0.3 is 6.09 Å². The minimum atomic E-state index is -2.68. The monoisotopic (exact) mass is 401 g/mol. The summed E-state index contributed by atoms with van der Waals surface area (Å²) in [7, 11) is 3.73. The molecule has 2 heterocycles. The lowest BCUT2D eigenvalue weighted by molar-refractivity contribution is -0.0495. The second-order valence-corrected chi connectivity index (χ2v) is 7.36. The van der Waals surface area contributed by atoms with Gasteiger partial charge in [-0.3, -0.25) is 0 Å². The fourth-order valence-corrected chi connectivity index (χ4v) is 3.75. The van der Waals surface area contributed by atoms with Crippen LogP contribution in [-0.4, -0.2) is 45.8 Å². The predicted molar refractivity (Wildman–Crippen MR) is 97.7 cm³/mol. The van der Waals surface area contributed by atoms with Gasteiger partial charge in [0.2, 0.25) is 5.92 Å². The molecule has 1 saturated carbocycles. The molecule has 0 unspecified atom stereocenters.